The van der Waals surface area contributed by atoms with Gasteiger partial charge in [-0.2, -0.15) is 0 Å². The van der Waals surface area contributed by atoms with Crippen molar-refractivity contribution in [3.05, 3.63) is 70.1 Å². The second-order valence-electron chi connectivity index (χ2n) is 4.78. The van der Waals surface area contributed by atoms with Gasteiger partial charge in [0.05, 0.1) is 23.9 Å². The number of methoxy groups -OCH3 is 1. The van der Waals surface area contributed by atoms with Crippen molar-refractivity contribution >= 4 is 16.9 Å². The average Bonchev–Trinajstić information content (AvgIpc) is 2.54. The lowest BCUT2D eigenvalue weighted by Crippen LogP contribution is -2.06. The molecule has 0 saturated heterocycles. The van der Waals surface area contributed by atoms with E-state index in [1.807, 2.05) is 0 Å². The third-order valence-corrected chi connectivity index (χ3v) is 3.41. The van der Waals surface area contributed by atoms with Crippen molar-refractivity contribution < 1.29 is 13.9 Å². The van der Waals surface area contributed by atoms with Gasteiger partial charge in [-0.25, -0.2) is 9.18 Å². The number of hydrogen-bond donors (Lipinski definition) is 1. The number of carbonyl (C=O) groups is 1. The Bertz CT molecular complexity index is 931. The van der Waals surface area contributed by atoms with E-state index in [-0.39, 0.29) is 5.43 Å². The van der Waals surface area contributed by atoms with E-state index in [1.54, 1.807) is 24.3 Å². The highest BCUT2D eigenvalue weighted by Gasteiger charge is 2.11. The molecular weight excluding hydrogens is 285 g/mol. The zero-order valence-corrected chi connectivity index (χ0v) is 11.7. The molecule has 0 aliphatic rings. The Morgan fingerprint density at radius 3 is 2.64 bits per heavy atom. The van der Waals surface area contributed by atoms with E-state index < -0.39 is 11.8 Å². The first-order valence-corrected chi connectivity index (χ1v) is 6.60. The van der Waals surface area contributed by atoms with Gasteiger partial charge in [-0.05, 0) is 30.3 Å². The summed E-state index contributed by atoms with van der Waals surface area (Å²) in [4.78, 5) is 26.7. The average molecular weight is 297 g/mol. The molecule has 3 rings (SSSR count). The molecule has 0 aliphatic carbocycles. The van der Waals surface area contributed by atoms with E-state index in [2.05, 4.69) is 9.72 Å². The van der Waals surface area contributed by atoms with Crippen LogP contribution >= 0.6 is 0 Å². The number of fused-ring (bicyclic) bond motifs is 1. The van der Waals surface area contributed by atoms with Crippen LogP contribution in [-0.2, 0) is 4.74 Å². The minimum absolute atomic E-state index is 0.247. The van der Waals surface area contributed by atoms with Gasteiger partial charge >= 0.3 is 5.97 Å². The van der Waals surface area contributed by atoms with E-state index >= 15 is 0 Å². The largest absolute Gasteiger partial charge is 0.465 e. The van der Waals surface area contributed by atoms with Gasteiger partial charge in [0.1, 0.15) is 5.82 Å². The summed E-state index contributed by atoms with van der Waals surface area (Å²) in [5.74, 6) is -0.930. The minimum atomic E-state index is -0.501. The molecule has 0 unspecified atom stereocenters. The van der Waals surface area contributed by atoms with Crippen molar-refractivity contribution in [1.82, 2.24) is 4.98 Å². The standard InChI is InChI=1S/C17H12FNO3/c1-22-17(21)10-6-7-12-14(8-10)19-15(9-16(12)20)11-4-2-3-5-13(11)18/h2-9H,1H3,(H,19,20). The number of benzene rings is 2. The Hall–Kier alpha value is -2.95. The van der Waals surface area contributed by atoms with Crippen LogP contribution in [0.15, 0.2) is 53.3 Å². The van der Waals surface area contributed by atoms with E-state index in [9.17, 15) is 14.0 Å². The molecule has 0 atom stereocenters. The fraction of sp³-hybridized carbons (Fsp3) is 0.0588. The SMILES string of the molecule is COC(=O)c1ccc2c(=O)cc(-c3ccccc3F)[nH]c2c1. The van der Waals surface area contributed by atoms with E-state index in [4.69, 9.17) is 0 Å². The topological polar surface area (TPSA) is 59.2 Å². The maximum absolute atomic E-state index is 13.9. The van der Waals surface area contributed by atoms with Gasteiger partial charge in [0.25, 0.3) is 0 Å². The number of ether oxygens (including phenoxy) is 1. The lowest BCUT2D eigenvalue weighted by molar-refractivity contribution is 0.0601. The summed E-state index contributed by atoms with van der Waals surface area (Å²) in [7, 11) is 1.28. The summed E-state index contributed by atoms with van der Waals surface area (Å²) < 4.78 is 18.5. The molecule has 3 aromatic rings. The predicted molar refractivity (Wildman–Crippen MR) is 81.3 cm³/mol. The van der Waals surface area contributed by atoms with Crippen molar-refractivity contribution in [3.8, 4) is 11.3 Å². The van der Waals surface area contributed by atoms with E-state index in [0.29, 0.717) is 27.7 Å². The Morgan fingerprint density at radius 1 is 1.14 bits per heavy atom. The molecule has 22 heavy (non-hydrogen) atoms. The Labute approximate surface area is 125 Å². The monoisotopic (exact) mass is 297 g/mol. The Kier molecular flexibility index (Phi) is 3.47. The molecule has 0 spiro atoms. The first-order chi connectivity index (χ1) is 10.6. The summed E-state index contributed by atoms with van der Waals surface area (Å²) in [6, 6.07) is 12.1. The highest BCUT2D eigenvalue weighted by Crippen LogP contribution is 2.22. The van der Waals surface area contributed by atoms with E-state index in [0.717, 1.165) is 0 Å². The number of hydrogen-bond acceptors (Lipinski definition) is 3. The first-order valence-electron chi connectivity index (χ1n) is 6.60. The number of pyridine rings is 1. The zero-order chi connectivity index (χ0) is 15.7. The van der Waals surface area contributed by atoms with Crippen LogP contribution < -0.4 is 5.43 Å². The smallest absolute Gasteiger partial charge is 0.337 e. The molecule has 0 saturated carbocycles. The summed E-state index contributed by atoms with van der Waals surface area (Å²) in [6.45, 7) is 0. The van der Waals surface area contributed by atoms with E-state index in [1.165, 1.54) is 31.4 Å². The summed E-state index contributed by atoms with van der Waals surface area (Å²) in [5.41, 5.74) is 1.18. The lowest BCUT2D eigenvalue weighted by atomic mass is 10.1. The fourth-order valence-electron chi connectivity index (χ4n) is 2.32. The molecule has 1 N–H and O–H groups in total. The van der Waals surface area contributed by atoms with Crippen molar-refractivity contribution in [2.24, 2.45) is 0 Å². The van der Waals surface area contributed by atoms with Crippen LogP contribution in [0.5, 0.6) is 0 Å². The Balaban J connectivity index is 2.24. The quantitative estimate of drug-likeness (QED) is 0.739. The number of halogens is 1. The maximum Gasteiger partial charge on any atom is 0.337 e. The zero-order valence-electron chi connectivity index (χ0n) is 11.7. The van der Waals surface area contributed by atoms with Gasteiger partial charge in [0.2, 0.25) is 0 Å². The number of nitrogens with one attached hydrogen (secondary N) is 1. The van der Waals surface area contributed by atoms with Crippen LogP contribution in [0.2, 0.25) is 0 Å². The van der Waals surface area contributed by atoms with Crippen LogP contribution in [0.4, 0.5) is 4.39 Å². The molecular formula is C17H12FNO3. The van der Waals surface area contributed by atoms with Crippen molar-refractivity contribution in [2.75, 3.05) is 7.11 Å². The van der Waals surface area contributed by atoms with Crippen LogP contribution in [0.3, 0.4) is 0 Å². The van der Waals surface area contributed by atoms with Crippen LogP contribution in [-0.4, -0.2) is 18.1 Å². The Morgan fingerprint density at radius 2 is 1.91 bits per heavy atom. The highest BCUT2D eigenvalue weighted by molar-refractivity contribution is 5.94. The van der Waals surface area contributed by atoms with Crippen LogP contribution in [0.25, 0.3) is 22.2 Å². The summed E-state index contributed by atoms with van der Waals surface area (Å²) in [5, 5.41) is 0.424. The lowest BCUT2D eigenvalue weighted by Gasteiger charge is -2.07. The molecule has 0 aliphatic heterocycles. The molecule has 5 heteroatoms. The molecule has 110 valence electrons. The molecule has 0 radical (unpaired) electrons. The summed E-state index contributed by atoms with van der Waals surface area (Å²) in [6.07, 6.45) is 0. The maximum atomic E-state index is 13.9. The van der Waals surface area contributed by atoms with Gasteiger partial charge in [-0.15, -0.1) is 0 Å². The number of rotatable bonds is 2. The second-order valence-corrected chi connectivity index (χ2v) is 4.78. The molecule has 1 aromatic heterocycles. The highest BCUT2D eigenvalue weighted by atomic mass is 19.1. The summed E-state index contributed by atoms with van der Waals surface area (Å²) >= 11 is 0. The fourth-order valence-corrected chi connectivity index (χ4v) is 2.32. The molecule has 1 heterocycles. The van der Waals surface area contributed by atoms with Gasteiger partial charge in [-0.1, -0.05) is 12.1 Å². The number of aromatic amines is 1. The molecule has 0 amide bonds. The van der Waals surface area contributed by atoms with Crippen LogP contribution in [0.1, 0.15) is 10.4 Å². The number of aromatic nitrogens is 1. The second kappa shape index (κ2) is 5.44. The minimum Gasteiger partial charge on any atom is -0.465 e. The van der Waals surface area contributed by atoms with Crippen molar-refractivity contribution in [1.29, 1.82) is 0 Å². The third kappa shape index (κ3) is 2.37. The molecule has 0 fully saturated rings. The van der Waals surface area contributed by atoms with Gasteiger partial charge in [0, 0.05) is 17.0 Å². The normalized spacial score (nSPS) is 10.6. The van der Waals surface area contributed by atoms with Crippen LogP contribution in [0, 0.1) is 5.82 Å². The van der Waals surface area contributed by atoms with Gasteiger partial charge in [0.15, 0.2) is 5.43 Å². The first kappa shape index (κ1) is 14.0. The third-order valence-electron chi connectivity index (χ3n) is 3.41. The van der Waals surface area contributed by atoms with Gasteiger partial charge in [-0.3, -0.25) is 4.79 Å². The van der Waals surface area contributed by atoms with Crippen molar-refractivity contribution in [3.63, 3.8) is 0 Å². The number of carbonyl (C=O) groups excluding carboxylic acids is 1. The van der Waals surface area contributed by atoms with Gasteiger partial charge < -0.3 is 9.72 Å². The molecule has 4 nitrogen and oxygen atoms in total. The number of H-pyrrole nitrogens is 1. The molecule has 0 bridgehead atoms. The van der Waals surface area contributed by atoms with Crippen molar-refractivity contribution in [2.45, 2.75) is 0 Å². The molecule has 2 aromatic carbocycles. The predicted octanol–water partition coefficient (Wildman–Crippen LogP) is 3.12. The number of esters is 1.